The average molecular weight is 452 g/mol. The molecule has 5 rings (SSSR count). The third kappa shape index (κ3) is 2.94. The molecule has 0 spiro atoms. The van der Waals surface area contributed by atoms with E-state index < -0.39 is 41.2 Å². The summed E-state index contributed by atoms with van der Waals surface area (Å²) in [6.07, 6.45) is 2.96. The van der Waals surface area contributed by atoms with Crippen LogP contribution in [0.1, 0.15) is 17.3 Å². The van der Waals surface area contributed by atoms with Gasteiger partial charge in [-0.15, -0.1) is 11.3 Å². The Morgan fingerprint density at radius 3 is 2.62 bits per heavy atom. The molecule has 10 heteroatoms. The number of anilines is 1. The van der Waals surface area contributed by atoms with Gasteiger partial charge in [0.1, 0.15) is 16.3 Å². The summed E-state index contributed by atoms with van der Waals surface area (Å²) in [6.45, 7) is 0. The molecule has 4 heterocycles. The van der Waals surface area contributed by atoms with Crippen LogP contribution >= 0.6 is 11.3 Å². The molecule has 2 saturated heterocycles. The lowest BCUT2D eigenvalue weighted by atomic mass is 9.77. The number of hydrogen-bond donors (Lipinski definition) is 3. The number of H-pyrrole nitrogens is 1. The van der Waals surface area contributed by atoms with Crippen molar-refractivity contribution in [2.75, 3.05) is 12.0 Å². The number of carbonyl (C=O) groups is 3. The van der Waals surface area contributed by atoms with E-state index in [9.17, 15) is 19.5 Å². The summed E-state index contributed by atoms with van der Waals surface area (Å²) in [4.78, 5) is 47.9. The van der Waals surface area contributed by atoms with Crippen LogP contribution < -0.4 is 15.0 Å². The molecule has 4 atom stereocenters. The number of carbonyl (C=O) groups excluding carboxylic acids is 2. The molecule has 1 aromatic carbocycles. The molecule has 2 aliphatic rings. The highest BCUT2D eigenvalue weighted by Crippen LogP contribution is 2.51. The molecule has 32 heavy (non-hydrogen) atoms. The molecule has 2 unspecified atom stereocenters. The fourth-order valence-corrected chi connectivity index (χ4v) is 5.57. The molecule has 164 valence electrons. The van der Waals surface area contributed by atoms with Crippen LogP contribution in [-0.2, 0) is 20.8 Å². The van der Waals surface area contributed by atoms with Crippen LogP contribution in [-0.4, -0.2) is 45.5 Å². The molecule has 0 bridgehead atoms. The number of carboxylic acid groups (broad SMARTS) is 1. The maximum Gasteiger partial charge on any atom is 0.325 e. The van der Waals surface area contributed by atoms with Crippen molar-refractivity contribution >= 4 is 34.1 Å². The first-order valence-corrected chi connectivity index (χ1v) is 10.9. The first kappa shape index (κ1) is 20.4. The van der Waals surface area contributed by atoms with Gasteiger partial charge in [0.25, 0.3) is 0 Å². The molecule has 3 N–H and O–H groups in total. The summed E-state index contributed by atoms with van der Waals surface area (Å²) in [7, 11) is 1.55. The SMILES string of the molecule is COc1ccc(C2NC(Cc3cnc[nH]3)(C(=O)O)[C@H]3C(=O)N(c4cccs4)C(=O)[C@@H]23)cc1. The molecular formula is C22H20N4O5S. The number of amides is 2. The van der Waals surface area contributed by atoms with E-state index in [1.54, 1.807) is 48.9 Å². The average Bonchev–Trinajstić information content (AvgIpc) is 3.57. The summed E-state index contributed by atoms with van der Waals surface area (Å²) in [5.74, 6) is -3.40. The van der Waals surface area contributed by atoms with Crippen LogP contribution in [0.25, 0.3) is 0 Å². The Kier molecular flexibility index (Phi) is 4.83. The van der Waals surface area contributed by atoms with Gasteiger partial charge < -0.3 is 14.8 Å². The zero-order valence-corrected chi connectivity index (χ0v) is 17.8. The van der Waals surface area contributed by atoms with Gasteiger partial charge in [0.05, 0.1) is 25.3 Å². The number of fused-ring (bicyclic) bond motifs is 1. The van der Waals surface area contributed by atoms with Gasteiger partial charge >= 0.3 is 5.97 Å². The van der Waals surface area contributed by atoms with Gasteiger partial charge in [-0.3, -0.25) is 19.7 Å². The number of methoxy groups -OCH3 is 1. The summed E-state index contributed by atoms with van der Waals surface area (Å²) in [5.41, 5.74) is -0.410. The molecule has 2 aliphatic heterocycles. The van der Waals surface area contributed by atoms with E-state index in [-0.39, 0.29) is 6.42 Å². The minimum atomic E-state index is -1.68. The number of ether oxygens (including phenoxy) is 1. The van der Waals surface area contributed by atoms with Crippen LogP contribution in [0.15, 0.2) is 54.3 Å². The van der Waals surface area contributed by atoms with E-state index in [1.807, 2.05) is 0 Å². The smallest absolute Gasteiger partial charge is 0.325 e. The van der Waals surface area contributed by atoms with Crippen molar-refractivity contribution in [3.63, 3.8) is 0 Å². The molecule has 0 radical (unpaired) electrons. The van der Waals surface area contributed by atoms with Crippen molar-refractivity contribution in [3.8, 4) is 5.75 Å². The third-order valence-corrected chi connectivity index (χ3v) is 7.11. The summed E-state index contributed by atoms with van der Waals surface area (Å²) in [6, 6.07) is 9.85. The second-order valence-corrected chi connectivity index (χ2v) is 8.82. The number of aromatic amines is 1. The second kappa shape index (κ2) is 7.57. The molecule has 0 aliphatic carbocycles. The lowest BCUT2D eigenvalue weighted by molar-refractivity contribution is -0.148. The fraction of sp³-hybridized carbons (Fsp3) is 0.273. The highest BCUT2D eigenvalue weighted by Gasteiger charge is 2.68. The highest BCUT2D eigenvalue weighted by atomic mass is 32.1. The zero-order valence-electron chi connectivity index (χ0n) is 17.0. The van der Waals surface area contributed by atoms with E-state index >= 15 is 0 Å². The first-order chi connectivity index (χ1) is 15.5. The van der Waals surface area contributed by atoms with E-state index in [0.29, 0.717) is 22.0 Å². The Morgan fingerprint density at radius 1 is 1.25 bits per heavy atom. The van der Waals surface area contributed by atoms with Gasteiger partial charge in [-0.25, -0.2) is 9.88 Å². The topological polar surface area (TPSA) is 125 Å². The van der Waals surface area contributed by atoms with Crippen LogP contribution in [0.4, 0.5) is 5.00 Å². The second-order valence-electron chi connectivity index (χ2n) is 7.89. The number of aromatic nitrogens is 2. The minimum absolute atomic E-state index is 0.0204. The summed E-state index contributed by atoms with van der Waals surface area (Å²) >= 11 is 1.27. The molecular weight excluding hydrogens is 432 g/mol. The van der Waals surface area contributed by atoms with Crippen molar-refractivity contribution in [1.29, 1.82) is 0 Å². The van der Waals surface area contributed by atoms with E-state index in [0.717, 1.165) is 4.90 Å². The number of thiophene rings is 1. The molecule has 3 aromatic rings. The lowest BCUT2D eigenvalue weighted by Crippen LogP contribution is -2.57. The van der Waals surface area contributed by atoms with E-state index in [1.165, 1.54) is 23.9 Å². The predicted molar refractivity (Wildman–Crippen MR) is 115 cm³/mol. The maximum absolute atomic E-state index is 13.6. The highest BCUT2D eigenvalue weighted by molar-refractivity contribution is 7.14. The van der Waals surface area contributed by atoms with Crippen molar-refractivity contribution < 1.29 is 24.2 Å². The van der Waals surface area contributed by atoms with Crippen molar-refractivity contribution in [2.45, 2.75) is 18.0 Å². The van der Waals surface area contributed by atoms with Crippen LogP contribution in [0.5, 0.6) is 5.75 Å². The Bertz CT molecular complexity index is 1160. The van der Waals surface area contributed by atoms with Crippen LogP contribution in [0, 0.1) is 11.8 Å². The normalized spacial score (nSPS) is 27.0. The van der Waals surface area contributed by atoms with Crippen molar-refractivity contribution in [3.05, 3.63) is 65.6 Å². The quantitative estimate of drug-likeness (QED) is 0.489. The van der Waals surface area contributed by atoms with Crippen LogP contribution in [0.2, 0.25) is 0 Å². The lowest BCUT2D eigenvalue weighted by Gasteiger charge is -2.30. The maximum atomic E-state index is 13.6. The number of benzene rings is 1. The summed E-state index contributed by atoms with van der Waals surface area (Å²) < 4.78 is 5.22. The Labute approximate surface area is 187 Å². The number of imidazole rings is 1. The van der Waals surface area contributed by atoms with Crippen LogP contribution in [0.3, 0.4) is 0 Å². The van der Waals surface area contributed by atoms with E-state index in [4.69, 9.17) is 4.74 Å². The number of aliphatic carboxylic acids is 1. The molecule has 2 fully saturated rings. The zero-order chi connectivity index (χ0) is 22.5. The molecule has 2 aromatic heterocycles. The molecule has 0 saturated carbocycles. The number of nitrogens with zero attached hydrogens (tertiary/aromatic N) is 2. The summed E-state index contributed by atoms with van der Waals surface area (Å²) in [5, 5.41) is 15.8. The van der Waals surface area contributed by atoms with Gasteiger partial charge in [-0.05, 0) is 35.2 Å². The Balaban J connectivity index is 1.64. The van der Waals surface area contributed by atoms with E-state index in [2.05, 4.69) is 15.3 Å². The number of imide groups is 1. The largest absolute Gasteiger partial charge is 0.497 e. The van der Waals surface area contributed by atoms with Gasteiger partial charge in [0.15, 0.2) is 0 Å². The van der Waals surface area contributed by atoms with Gasteiger partial charge in [0.2, 0.25) is 11.8 Å². The van der Waals surface area contributed by atoms with Gasteiger partial charge in [-0.1, -0.05) is 12.1 Å². The third-order valence-electron chi connectivity index (χ3n) is 6.26. The molecule has 9 nitrogen and oxygen atoms in total. The predicted octanol–water partition coefficient (Wildman–Crippen LogP) is 2.00. The number of nitrogens with one attached hydrogen (secondary N) is 2. The standard InChI is InChI=1S/C22H20N4O5S/c1-31-14-6-4-12(5-7-14)18-16-17(20(28)26(19(16)27)15-3-2-8-32-15)22(25-18,21(29)30)9-13-10-23-11-24-13/h2-8,10-11,16-18,25H,9H2,1H3,(H,23,24)(H,29,30)/t16-,17-,18?,22?/m1/s1. The Morgan fingerprint density at radius 2 is 2.03 bits per heavy atom. The number of hydrogen-bond acceptors (Lipinski definition) is 7. The van der Waals surface area contributed by atoms with Gasteiger partial charge in [0, 0.05) is 24.4 Å². The van der Waals surface area contributed by atoms with Gasteiger partial charge in [-0.2, -0.15) is 0 Å². The fourth-order valence-electron chi connectivity index (χ4n) is 4.83. The number of rotatable bonds is 6. The Hall–Kier alpha value is -3.50. The first-order valence-electron chi connectivity index (χ1n) is 10.00. The monoisotopic (exact) mass is 452 g/mol. The minimum Gasteiger partial charge on any atom is -0.497 e. The number of carboxylic acids is 1. The molecule has 2 amide bonds. The van der Waals surface area contributed by atoms with Crippen molar-refractivity contribution in [2.24, 2.45) is 11.8 Å². The van der Waals surface area contributed by atoms with Crippen molar-refractivity contribution in [1.82, 2.24) is 15.3 Å².